The molecule has 4 rings (SSSR count). The van der Waals surface area contributed by atoms with Crippen LogP contribution < -0.4 is 10.6 Å². The lowest BCUT2D eigenvalue weighted by atomic mass is 10.2. The van der Waals surface area contributed by atoms with Gasteiger partial charge in [-0.05, 0) is 55.3 Å². The van der Waals surface area contributed by atoms with Gasteiger partial charge in [0.1, 0.15) is 5.01 Å². The summed E-state index contributed by atoms with van der Waals surface area (Å²) in [6.45, 7) is 0.556. The molecule has 11 heteroatoms. The highest BCUT2D eigenvalue weighted by Gasteiger charge is 2.33. The van der Waals surface area contributed by atoms with Crippen LogP contribution in [0.25, 0.3) is 0 Å². The summed E-state index contributed by atoms with van der Waals surface area (Å²) in [6.07, 6.45) is 1.53. The molecule has 0 spiro atoms. The average molecular weight is 486 g/mol. The molecule has 0 bridgehead atoms. The van der Waals surface area contributed by atoms with Crippen molar-refractivity contribution in [3.8, 4) is 0 Å². The van der Waals surface area contributed by atoms with E-state index in [1.54, 1.807) is 53.4 Å². The summed E-state index contributed by atoms with van der Waals surface area (Å²) in [6, 6.07) is 12.7. The Morgan fingerprint density at radius 3 is 2.61 bits per heavy atom. The molecule has 1 fully saturated rings. The van der Waals surface area contributed by atoms with Crippen LogP contribution in [0, 0.1) is 0 Å². The molecule has 2 N–H and O–H groups in total. The number of hydrogen-bond donors (Lipinski definition) is 2. The molecule has 1 aromatic heterocycles. The number of hydrogen-bond acceptors (Lipinski definition) is 7. The highest BCUT2D eigenvalue weighted by Crippen LogP contribution is 2.34. The van der Waals surface area contributed by atoms with Crippen molar-refractivity contribution in [2.75, 3.05) is 24.3 Å². The predicted molar refractivity (Wildman–Crippen MR) is 125 cm³/mol. The van der Waals surface area contributed by atoms with Gasteiger partial charge in [-0.25, -0.2) is 9.59 Å². The summed E-state index contributed by atoms with van der Waals surface area (Å²) < 4.78 is 4.68. The number of rotatable bonds is 5. The van der Waals surface area contributed by atoms with E-state index in [0.29, 0.717) is 33.5 Å². The quantitative estimate of drug-likeness (QED) is 0.510. The summed E-state index contributed by atoms with van der Waals surface area (Å²) in [5.74, 6) is -0.834. The molecule has 9 nitrogen and oxygen atoms in total. The van der Waals surface area contributed by atoms with E-state index in [0.717, 1.165) is 24.2 Å². The molecule has 0 unspecified atom stereocenters. The van der Waals surface area contributed by atoms with Crippen molar-refractivity contribution in [2.24, 2.45) is 0 Å². The van der Waals surface area contributed by atoms with Crippen LogP contribution in [0.2, 0.25) is 5.02 Å². The fraction of sp³-hybridized carbons (Fsp3) is 0.227. The maximum atomic E-state index is 12.9. The number of urea groups is 1. The number of benzene rings is 2. The van der Waals surface area contributed by atoms with Crippen molar-refractivity contribution in [3.63, 3.8) is 0 Å². The van der Waals surface area contributed by atoms with Crippen LogP contribution in [0.3, 0.4) is 0 Å². The Kier molecular flexibility index (Phi) is 6.85. The molecule has 170 valence electrons. The lowest BCUT2D eigenvalue weighted by Crippen LogP contribution is -2.34. The number of nitrogens with one attached hydrogen (secondary N) is 2. The highest BCUT2D eigenvalue weighted by atomic mass is 35.5. The number of ether oxygens (including phenoxy) is 1. The lowest BCUT2D eigenvalue weighted by Gasteiger charge is -2.23. The number of nitrogens with zero attached hydrogens (tertiary/aromatic N) is 3. The second-order valence-electron chi connectivity index (χ2n) is 7.26. The average Bonchev–Trinajstić information content (AvgIpc) is 3.49. The minimum Gasteiger partial charge on any atom is -0.465 e. The lowest BCUT2D eigenvalue weighted by molar-refractivity contribution is 0.0600. The number of aromatic nitrogens is 2. The zero-order valence-corrected chi connectivity index (χ0v) is 19.2. The van der Waals surface area contributed by atoms with Gasteiger partial charge in [0.05, 0.1) is 18.7 Å². The minimum atomic E-state index is -0.445. The molecule has 1 atom stereocenters. The van der Waals surface area contributed by atoms with E-state index >= 15 is 0 Å². The maximum absolute atomic E-state index is 12.9. The van der Waals surface area contributed by atoms with Crippen molar-refractivity contribution in [1.29, 1.82) is 0 Å². The zero-order chi connectivity index (χ0) is 23.4. The molecule has 0 aliphatic carbocycles. The van der Waals surface area contributed by atoms with E-state index in [1.165, 1.54) is 7.11 Å². The van der Waals surface area contributed by atoms with Gasteiger partial charge >= 0.3 is 12.0 Å². The number of methoxy groups -OCH3 is 1. The van der Waals surface area contributed by atoms with Crippen molar-refractivity contribution in [3.05, 3.63) is 69.1 Å². The molecule has 3 amide bonds. The fourth-order valence-electron chi connectivity index (χ4n) is 3.48. The second kappa shape index (κ2) is 9.97. The number of esters is 1. The summed E-state index contributed by atoms with van der Waals surface area (Å²) >= 11 is 7.11. The van der Waals surface area contributed by atoms with Crippen LogP contribution >= 0.6 is 22.9 Å². The van der Waals surface area contributed by atoms with Crippen LogP contribution in [0.5, 0.6) is 0 Å². The first-order valence-electron chi connectivity index (χ1n) is 10.1. The molecule has 1 aliphatic rings. The smallest absolute Gasteiger partial charge is 0.337 e. The number of anilines is 2. The van der Waals surface area contributed by atoms with Crippen LogP contribution in [0.4, 0.5) is 16.2 Å². The number of amides is 3. The Balaban J connectivity index is 1.42. The SMILES string of the molecule is COC(=O)c1ccc(NC(=O)N2CCC[C@@H]2c2nnc(C(=O)Nc3cccc(Cl)c3)s2)cc1. The van der Waals surface area contributed by atoms with E-state index in [9.17, 15) is 14.4 Å². The van der Waals surface area contributed by atoms with Crippen molar-refractivity contribution in [2.45, 2.75) is 18.9 Å². The predicted octanol–water partition coefficient (Wildman–Crippen LogP) is 4.60. The maximum Gasteiger partial charge on any atom is 0.337 e. The Bertz CT molecular complexity index is 1180. The second-order valence-corrected chi connectivity index (χ2v) is 8.71. The summed E-state index contributed by atoms with van der Waals surface area (Å²) in [7, 11) is 1.31. The number of halogens is 1. The van der Waals surface area contributed by atoms with E-state index in [4.69, 9.17) is 11.6 Å². The minimum absolute atomic E-state index is 0.204. The van der Waals surface area contributed by atoms with E-state index in [2.05, 4.69) is 25.6 Å². The fourth-order valence-corrected chi connectivity index (χ4v) is 4.56. The molecule has 0 radical (unpaired) electrons. The van der Waals surface area contributed by atoms with Crippen LogP contribution in [0.15, 0.2) is 48.5 Å². The monoisotopic (exact) mass is 485 g/mol. The molecule has 1 aliphatic heterocycles. The van der Waals surface area contributed by atoms with Crippen LogP contribution in [-0.4, -0.2) is 46.7 Å². The summed E-state index contributed by atoms with van der Waals surface area (Å²) in [5.41, 5.74) is 1.51. The molecule has 0 saturated carbocycles. The number of carbonyl (C=O) groups is 3. The van der Waals surface area contributed by atoms with Gasteiger partial charge < -0.3 is 20.3 Å². The molecule has 2 heterocycles. The van der Waals surface area contributed by atoms with Gasteiger partial charge in [-0.15, -0.1) is 10.2 Å². The van der Waals surface area contributed by atoms with Gasteiger partial charge in [0.15, 0.2) is 0 Å². The van der Waals surface area contributed by atoms with Gasteiger partial charge in [0.2, 0.25) is 5.01 Å². The molecular weight excluding hydrogens is 466 g/mol. The van der Waals surface area contributed by atoms with E-state index in [-0.39, 0.29) is 23.0 Å². The highest BCUT2D eigenvalue weighted by molar-refractivity contribution is 7.13. The van der Waals surface area contributed by atoms with Gasteiger partial charge in [0, 0.05) is 22.9 Å². The normalized spacial score (nSPS) is 15.2. The zero-order valence-electron chi connectivity index (χ0n) is 17.6. The molecule has 1 saturated heterocycles. The van der Waals surface area contributed by atoms with Gasteiger partial charge in [-0.1, -0.05) is 29.0 Å². The number of likely N-dealkylation sites (tertiary alicyclic amines) is 1. The molecule has 3 aromatic rings. The third-order valence-electron chi connectivity index (χ3n) is 5.07. The standard InChI is InChI=1S/C22H20ClN5O4S/c1-32-21(30)13-7-9-15(10-8-13)25-22(31)28-11-3-6-17(28)19-26-27-20(33-19)18(29)24-16-5-2-4-14(23)12-16/h2,4-5,7-10,12,17H,3,6,11H2,1H3,(H,24,29)(H,25,31)/t17-/m1/s1. The first kappa shape index (κ1) is 22.7. The summed E-state index contributed by atoms with van der Waals surface area (Å²) in [5, 5.41) is 15.1. The first-order valence-corrected chi connectivity index (χ1v) is 11.3. The molecule has 33 heavy (non-hydrogen) atoms. The van der Waals surface area contributed by atoms with Gasteiger partial charge in [0.25, 0.3) is 5.91 Å². The molecule has 2 aromatic carbocycles. The first-order chi connectivity index (χ1) is 15.9. The Hall–Kier alpha value is -3.50. The molecular formula is C22H20ClN5O4S. The van der Waals surface area contributed by atoms with Crippen LogP contribution in [0.1, 0.15) is 44.1 Å². The van der Waals surface area contributed by atoms with Gasteiger partial charge in [-0.2, -0.15) is 0 Å². The number of carbonyl (C=O) groups excluding carboxylic acids is 3. The van der Waals surface area contributed by atoms with E-state index in [1.807, 2.05) is 0 Å². The topological polar surface area (TPSA) is 114 Å². The third-order valence-corrected chi connectivity index (χ3v) is 6.33. The van der Waals surface area contributed by atoms with Crippen molar-refractivity contribution < 1.29 is 19.1 Å². The third kappa shape index (κ3) is 5.29. The Morgan fingerprint density at radius 1 is 1.09 bits per heavy atom. The van der Waals surface area contributed by atoms with E-state index < -0.39 is 5.97 Å². The van der Waals surface area contributed by atoms with Crippen LogP contribution in [-0.2, 0) is 4.74 Å². The largest absolute Gasteiger partial charge is 0.465 e. The van der Waals surface area contributed by atoms with Crippen molar-refractivity contribution >= 4 is 52.2 Å². The van der Waals surface area contributed by atoms with Crippen molar-refractivity contribution in [1.82, 2.24) is 15.1 Å². The Labute approximate surface area is 198 Å². The summed E-state index contributed by atoms with van der Waals surface area (Å²) in [4.78, 5) is 38.6. The van der Waals surface area contributed by atoms with Gasteiger partial charge in [-0.3, -0.25) is 4.79 Å². The Morgan fingerprint density at radius 2 is 1.88 bits per heavy atom.